The van der Waals surface area contributed by atoms with Gasteiger partial charge in [-0.2, -0.15) is 0 Å². The smallest absolute Gasteiger partial charge is 0.379 e. The van der Waals surface area contributed by atoms with Crippen LogP contribution in [0.1, 0.15) is 58.3 Å². The molecule has 0 aliphatic heterocycles. The van der Waals surface area contributed by atoms with Crippen LogP contribution >= 0.6 is 7.82 Å². The summed E-state index contributed by atoms with van der Waals surface area (Å²) in [7, 11) is -4.41. The van der Waals surface area contributed by atoms with Crippen LogP contribution in [0.3, 0.4) is 0 Å². The molecule has 2 N–H and O–H groups in total. The van der Waals surface area contributed by atoms with Crippen LogP contribution in [0.15, 0.2) is 0 Å². The van der Waals surface area contributed by atoms with Crippen LogP contribution in [-0.4, -0.2) is 142 Å². The fourth-order valence-corrected chi connectivity index (χ4v) is 2.85. The van der Waals surface area contributed by atoms with Crippen LogP contribution in [0.4, 0.5) is 0 Å². The number of rotatable bonds is 25. The first-order valence-electron chi connectivity index (χ1n) is 11.1. The Bertz CT molecular complexity index is 390. The summed E-state index contributed by atoms with van der Waals surface area (Å²) in [5.74, 6) is 0. The van der Waals surface area contributed by atoms with Gasteiger partial charge in [-0.3, -0.25) is 4.52 Å². The second-order valence-electron chi connectivity index (χ2n) is 6.86. The predicted octanol–water partition coefficient (Wildman–Crippen LogP) is 2.56. The molecule has 0 aliphatic rings. The Morgan fingerprint density at radius 3 is 1.19 bits per heavy atom. The third kappa shape index (κ3) is 36.5. The molecule has 32 heavy (non-hydrogen) atoms. The van der Waals surface area contributed by atoms with Crippen LogP contribution in [0.2, 0.25) is 0 Å². The molecule has 0 saturated carbocycles. The van der Waals surface area contributed by atoms with Gasteiger partial charge in [-0.05, 0) is 6.42 Å². The van der Waals surface area contributed by atoms with Crippen LogP contribution < -0.4 is 0 Å². The van der Waals surface area contributed by atoms with E-state index in [1.165, 1.54) is 44.9 Å². The summed E-state index contributed by atoms with van der Waals surface area (Å²) < 4.78 is 41.4. The first-order valence-corrected chi connectivity index (χ1v) is 12.7. The molecule has 0 aromatic rings. The Hall–Kier alpha value is 1.91. The van der Waals surface area contributed by atoms with Crippen LogP contribution in [0.5, 0.6) is 0 Å². The minimum absolute atomic E-state index is 0. The van der Waals surface area contributed by atoms with Gasteiger partial charge >= 0.3 is 7.82 Å². The second kappa shape index (κ2) is 30.9. The van der Waals surface area contributed by atoms with Gasteiger partial charge in [0, 0.05) is 65.7 Å². The van der Waals surface area contributed by atoms with E-state index in [1.807, 2.05) is 0 Å². The average Bonchev–Trinajstić information content (AvgIpc) is 2.70. The van der Waals surface area contributed by atoms with Crippen molar-refractivity contribution in [2.45, 2.75) is 58.3 Å². The van der Waals surface area contributed by atoms with Gasteiger partial charge in [0.15, 0.2) is 0 Å². The number of phosphoric ester groups is 1. The van der Waals surface area contributed by atoms with E-state index in [-0.39, 0.29) is 72.3 Å². The SMILES string of the molecule is CCCCCCCCCCOCCOCCOCCOCCOCCOP(=O)(O)O.[Na].[Na]. The molecule has 0 aromatic carbocycles. The van der Waals surface area contributed by atoms with Crippen molar-refractivity contribution in [3.8, 4) is 0 Å². The Morgan fingerprint density at radius 1 is 0.500 bits per heavy atom. The fraction of sp³-hybridized carbons (Fsp3) is 1.00. The van der Waals surface area contributed by atoms with Crippen molar-refractivity contribution in [1.29, 1.82) is 0 Å². The van der Waals surface area contributed by atoms with E-state index in [2.05, 4.69) is 11.4 Å². The van der Waals surface area contributed by atoms with Crippen LogP contribution in [0.25, 0.3) is 0 Å². The first-order chi connectivity index (χ1) is 14.6. The monoisotopic (exact) mass is 504 g/mol. The van der Waals surface area contributed by atoms with Gasteiger partial charge < -0.3 is 33.5 Å². The van der Waals surface area contributed by atoms with E-state index in [1.54, 1.807) is 0 Å². The molecule has 0 heterocycles. The number of hydrogen-bond acceptors (Lipinski definition) is 7. The molecule has 0 spiro atoms. The van der Waals surface area contributed by atoms with Crippen molar-refractivity contribution >= 4 is 66.9 Å². The molecule has 0 aliphatic carbocycles. The summed E-state index contributed by atoms with van der Waals surface area (Å²) in [6, 6.07) is 0. The van der Waals surface area contributed by atoms with Crippen LogP contribution in [-0.2, 0) is 32.8 Å². The first kappa shape index (κ1) is 38.4. The van der Waals surface area contributed by atoms with Gasteiger partial charge in [-0.15, -0.1) is 0 Å². The third-order valence-electron chi connectivity index (χ3n) is 4.12. The summed E-state index contributed by atoms with van der Waals surface area (Å²) >= 11 is 0. The quantitative estimate of drug-likeness (QED) is 0.110. The van der Waals surface area contributed by atoms with Crippen molar-refractivity contribution in [3.05, 3.63) is 0 Å². The molecular formula is C20H43Na2O9P. The summed E-state index contributed by atoms with van der Waals surface area (Å²) in [6.45, 7) is 6.88. The Morgan fingerprint density at radius 2 is 0.812 bits per heavy atom. The van der Waals surface area contributed by atoms with Crippen molar-refractivity contribution in [2.75, 3.05) is 72.7 Å². The molecule has 0 unspecified atom stereocenters. The van der Waals surface area contributed by atoms with Crippen molar-refractivity contribution in [3.63, 3.8) is 0 Å². The maximum Gasteiger partial charge on any atom is 0.469 e. The largest absolute Gasteiger partial charge is 0.469 e. The van der Waals surface area contributed by atoms with E-state index in [9.17, 15) is 4.57 Å². The standard InChI is InChI=1S/C20H43O9P.2Na/c1-2-3-4-5-6-7-8-9-10-24-11-12-25-13-14-26-15-16-27-17-18-28-19-20-29-30(21,22)23;;/h2-20H2,1H3,(H2,21,22,23);;. The minimum Gasteiger partial charge on any atom is -0.379 e. The molecule has 0 amide bonds. The molecule has 0 fully saturated rings. The molecule has 2 radical (unpaired) electrons. The molecule has 0 bridgehead atoms. The van der Waals surface area contributed by atoms with Gasteiger partial charge in [0.2, 0.25) is 0 Å². The predicted molar refractivity (Wildman–Crippen MR) is 126 cm³/mol. The second-order valence-corrected chi connectivity index (χ2v) is 8.10. The molecule has 0 atom stereocenters. The molecule has 0 aromatic heterocycles. The van der Waals surface area contributed by atoms with Crippen molar-refractivity contribution in [1.82, 2.24) is 0 Å². The van der Waals surface area contributed by atoms with Gasteiger partial charge in [0.1, 0.15) is 0 Å². The zero-order valence-electron chi connectivity index (χ0n) is 20.6. The fourth-order valence-electron chi connectivity index (χ4n) is 2.53. The van der Waals surface area contributed by atoms with E-state index in [0.29, 0.717) is 52.9 Å². The molecular weight excluding hydrogens is 461 g/mol. The van der Waals surface area contributed by atoms with Crippen LogP contribution in [0, 0.1) is 0 Å². The molecule has 0 saturated heterocycles. The Labute approximate surface area is 238 Å². The van der Waals surface area contributed by atoms with E-state index in [4.69, 9.17) is 33.5 Å². The molecule has 12 heteroatoms. The van der Waals surface area contributed by atoms with Crippen molar-refractivity contribution in [2.24, 2.45) is 0 Å². The number of hydrogen-bond donors (Lipinski definition) is 2. The van der Waals surface area contributed by atoms with E-state index in [0.717, 1.165) is 13.0 Å². The Balaban J connectivity index is -0.00000420. The number of unbranched alkanes of at least 4 members (excludes halogenated alkanes) is 7. The minimum atomic E-state index is -4.41. The average molecular weight is 505 g/mol. The number of phosphoric acid groups is 1. The van der Waals surface area contributed by atoms with Gasteiger partial charge in [0.25, 0.3) is 0 Å². The van der Waals surface area contributed by atoms with Gasteiger partial charge in [-0.25, -0.2) is 4.57 Å². The van der Waals surface area contributed by atoms with Gasteiger partial charge in [0.05, 0.1) is 66.1 Å². The van der Waals surface area contributed by atoms with E-state index >= 15 is 0 Å². The maximum atomic E-state index is 10.4. The number of ether oxygens (including phenoxy) is 5. The topological polar surface area (TPSA) is 113 Å². The summed E-state index contributed by atoms with van der Waals surface area (Å²) in [6.07, 6.45) is 10.4. The molecule has 0 rings (SSSR count). The normalized spacial score (nSPS) is 11.2. The van der Waals surface area contributed by atoms with Gasteiger partial charge in [-0.1, -0.05) is 51.9 Å². The zero-order chi connectivity index (χ0) is 22.2. The molecule has 9 nitrogen and oxygen atoms in total. The van der Waals surface area contributed by atoms with E-state index < -0.39 is 7.82 Å². The Kier molecular flexibility index (Phi) is 37.2. The third-order valence-corrected chi connectivity index (χ3v) is 4.64. The maximum absolute atomic E-state index is 10.4. The summed E-state index contributed by atoms with van der Waals surface area (Å²) in [5.41, 5.74) is 0. The zero-order valence-corrected chi connectivity index (χ0v) is 25.5. The molecule has 184 valence electrons. The summed E-state index contributed by atoms with van der Waals surface area (Å²) in [5, 5.41) is 0. The summed E-state index contributed by atoms with van der Waals surface area (Å²) in [4.78, 5) is 16.9. The van der Waals surface area contributed by atoms with Crippen molar-refractivity contribution < 1.29 is 42.6 Å².